The molecule has 0 radical (unpaired) electrons. The molecule has 0 unspecified atom stereocenters. The summed E-state index contributed by atoms with van der Waals surface area (Å²) < 4.78 is 7.14. The monoisotopic (exact) mass is 360 g/mol. The second kappa shape index (κ2) is 6.12. The average molecular weight is 362 g/mol. The fourth-order valence-electron chi connectivity index (χ4n) is 2.04. The normalized spacial score (nSPS) is 17.1. The second-order valence-corrected chi connectivity index (χ2v) is 6.08. The fraction of sp³-hybridized carbons (Fsp3) is 0.462. The minimum atomic E-state index is 0.219. The van der Waals surface area contributed by atoms with Gasteiger partial charge in [-0.3, -0.25) is 4.79 Å². The Bertz CT molecular complexity index is 412. The molecule has 0 aliphatic carbocycles. The van der Waals surface area contributed by atoms with E-state index in [1.807, 2.05) is 18.2 Å². The molecule has 1 aliphatic rings. The van der Waals surface area contributed by atoms with Crippen molar-refractivity contribution in [1.29, 1.82) is 0 Å². The molecule has 1 aromatic rings. The predicted molar refractivity (Wildman–Crippen MR) is 74.3 cm³/mol. The molecule has 4 heteroatoms. The summed E-state index contributed by atoms with van der Waals surface area (Å²) in [7, 11) is 0. The lowest BCUT2D eigenvalue weighted by atomic mass is 9.92. The van der Waals surface area contributed by atoms with Gasteiger partial charge in [-0.1, -0.05) is 31.9 Å². The summed E-state index contributed by atoms with van der Waals surface area (Å²) in [6.07, 6.45) is 2.63. The Labute approximate surface area is 118 Å². The van der Waals surface area contributed by atoms with Gasteiger partial charge in [-0.15, -0.1) is 0 Å². The van der Waals surface area contributed by atoms with E-state index >= 15 is 0 Å². The number of ketones is 1. The van der Waals surface area contributed by atoms with E-state index in [0.717, 1.165) is 40.6 Å². The van der Waals surface area contributed by atoms with E-state index in [9.17, 15) is 4.79 Å². The lowest BCUT2D eigenvalue weighted by Gasteiger charge is -2.21. The van der Waals surface area contributed by atoms with Gasteiger partial charge in [-0.05, 0) is 37.0 Å². The molecule has 1 aliphatic heterocycles. The van der Waals surface area contributed by atoms with Gasteiger partial charge in [0.25, 0.3) is 0 Å². The van der Waals surface area contributed by atoms with E-state index in [4.69, 9.17) is 4.74 Å². The topological polar surface area (TPSA) is 26.3 Å². The average Bonchev–Trinajstić information content (AvgIpc) is 2.30. The zero-order valence-corrected chi connectivity index (χ0v) is 12.6. The highest BCUT2D eigenvalue weighted by Crippen LogP contribution is 2.26. The van der Waals surface area contributed by atoms with Crippen molar-refractivity contribution < 1.29 is 9.53 Å². The quantitative estimate of drug-likeness (QED) is 0.753. The zero-order chi connectivity index (χ0) is 12.3. The van der Waals surface area contributed by atoms with Crippen molar-refractivity contribution in [3.63, 3.8) is 0 Å². The van der Waals surface area contributed by atoms with Gasteiger partial charge in [0.05, 0.1) is 0 Å². The van der Waals surface area contributed by atoms with E-state index in [2.05, 4.69) is 31.9 Å². The first-order valence-corrected chi connectivity index (χ1v) is 7.31. The molecule has 0 aromatic heterocycles. The van der Waals surface area contributed by atoms with Crippen LogP contribution in [0.5, 0.6) is 0 Å². The third kappa shape index (κ3) is 3.63. The van der Waals surface area contributed by atoms with Crippen LogP contribution < -0.4 is 0 Å². The Kier molecular flexibility index (Phi) is 4.77. The Hall–Kier alpha value is -0.190. The van der Waals surface area contributed by atoms with Crippen LogP contribution in [0.1, 0.15) is 29.6 Å². The number of halogens is 2. The van der Waals surface area contributed by atoms with Crippen molar-refractivity contribution in [3.8, 4) is 0 Å². The lowest BCUT2D eigenvalue weighted by molar-refractivity contribution is 0.0601. The molecular weight excluding hydrogens is 348 g/mol. The standard InChI is InChI=1S/C13H14Br2O2/c14-10-1-2-11(12(15)8-10)13(16)7-9-3-5-17-6-4-9/h1-2,8-9H,3-7H2. The van der Waals surface area contributed by atoms with Crippen LogP contribution in [0.3, 0.4) is 0 Å². The molecule has 0 amide bonds. The molecule has 0 N–H and O–H groups in total. The number of hydrogen-bond acceptors (Lipinski definition) is 2. The third-order valence-corrected chi connectivity index (χ3v) is 4.20. The summed E-state index contributed by atoms with van der Waals surface area (Å²) in [4.78, 5) is 12.2. The van der Waals surface area contributed by atoms with E-state index in [1.54, 1.807) is 0 Å². The molecule has 1 fully saturated rings. The number of carbonyl (C=O) groups is 1. The Balaban J connectivity index is 2.03. The third-order valence-electron chi connectivity index (χ3n) is 3.05. The molecule has 17 heavy (non-hydrogen) atoms. The van der Waals surface area contributed by atoms with E-state index in [0.29, 0.717) is 12.3 Å². The van der Waals surface area contributed by atoms with Crippen LogP contribution in [0.25, 0.3) is 0 Å². The summed E-state index contributed by atoms with van der Waals surface area (Å²) in [5, 5.41) is 0. The molecule has 1 heterocycles. The van der Waals surface area contributed by atoms with Crippen LogP contribution in [-0.2, 0) is 4.74 Å². The largest absolute Gasteiger partial charge is 0.381 e. The van der Waals surface area contributed by atoms with Crippen LogP contribution in [0.2, 0.25) is 0 Å². The second-order valence-electron chi connectivity index (χ2n) is 4.31. The summed E-state index contributed by atoms with van der Waals surface area (Å²) in [5.41, 5.74) is 0.777. The SMILES string of the molecule is O=C(CC1CCOCC1)c1ccc(Br)cc1Br. The smallest absolute Gasteiger partial charge is 0.164 e. The highest BCUT2D eigenvalue weighted by Gasteiger charge is 2.19. The Morgan fingerprint density at radius 1 is 1.29 bits per heavy atom. The number of benzene rings is 1. The van der Waals surface area contributed by atoms with Gasteiger partial charge in [0.2, 0.25) is 0 Å². The molecule has 2 rings (SSSR count). The Morgan fingerprint density at radius 2 is 2.00 bits per heavy atom. The maximum absolute atomic E-state index is 12.2. The molecule has 0 atom stereocenters. The minimum Gasteiger partial charge on any atom is -0.381 e. The van der Waals surface area contributed by atoms with E-state index in [-0.39, 0.29) is 5.78 Å². The molecule has 1 saturated heterocycles. The van der Waals surface area contributed by atoms with E-state index < -0.39 is 0 Å². The first kappa shape index (κ1) is 13.2. The van der Waals surface area contributed by atoms with Gasteiger partial charge in [-0.25, -0.2) is 0 Å². The number of carbonyl (C=O) groups excluding carboxylic acids is 1. The van der Waals surface area contributed by atoms with Crippen LogP contribution in [0.15, 0.2) is 27.1 Å². The maximum Gasteiger partial charge on any atom is 0.164 e. The number of rotatable bonds is 3. The Morgan fingerprint density at radius 3 is 2.65 bits per heavy atom. The summed E-state index contributed by atoms with van der Waals surface area (Å²) in [6, 6.07) is 5.69. The van der Waals surface area contributed by atoms with Crippen molar-refractivity contribution in [1.82, 2.24) is 0 Å². The van der Waals surface area contributed by atoms with Gasteiger partial charge >= 0.3 is 0 Å². The molecule has 92 valence electrons. The molecule has 0 spiro atoms. The van der Waals surface area contributed by atoms with Gasteiger partial charge in [0.1, 0.15) is 0 Å². The molecule has 0 saturated carbocycles. The van der Waals surface area contributed by atoms with Crippen molar-refractivity contribution >= 4 is 37.6 Å². The number of ether oxygens (including phenoxy) is 1. The zero-order valence-electron chi connectivity index (χ0n) is 9.42. The summed E-state index contributed by atoms with van der Waals surface area (Å²) in [6.45, 7) is 1.58. The van der Waals surface area contributed by atoms with E-state index in [1.165, 1.54) is 0 Å². The predicted octanol–water partition coefficient (Wildman–Crippen LogP) is 4.21. The fourth-order valence-corrected chi connectivity index (χ4v) is 3.31. The first-order chi connectivity index (χ1) is 8.16. The summed E-state index contributed by atoms with van der Waals surface area (Å²) in [5.74, 6) is 0.697. The molecule has 2 nitrogen and oxygen atoms in total. The van der Waals surface area contributed by atoms with Crippen molar-refractivity contribution in [3.05, 3.63) is 32.7 Å². The van der Waals surface area contributed by atoms with Gasteiger partial charge in [0, 0.05) is 34.1 Å². The molecular formula is C13H14Br2O2. The van der Waals surface area contributed by atoms with Crippen LogP contribution in [0.4, 0.5) is 0 Å². The lowest BCUT2D eigenvalue weighted by Crippen LogP contribution is -2.18. The first-order valence-electron chi connectivity index (χ1n) is 5.73. The highest BCUT2D eigenvalue weighted by molar-refractivity contribution is 9.11. The van der Waals surface area contributed by atoms with Crippen LogP contribution in [0, 0.1) is 5.92 Å². The molecule has 1 aromatic carbocycles. The van der Waals surface area contributed by atoms with Gasteiger partial charge in [-0.2, -0.15) is 0 Å². The van der Waals surface area contributed by atoms with Gasteiger partial charge < -0.3 is 4.74 Å². The van der Waals surface area contributed by atoms with Crippen molar-refractivity contribution in [2.24, 2.45) is 5.92 Å². The van der Waals surface area contributed by atoms with Gasteiger partial charge in [0.15, 0.2) is 5.78 Å². The molecule has 0 bridgehead atoms. The number of hydrogen-bond donors (Lipinski definition) is 0. The number of Topliss-reactive ketones (excluding diaryl/α,β-unsaturated/α-hetero) is 1. The van der Waals surface area contributed by atoms with Crippen LogP contribution in [-0.4, -0.2) is 19.0 Å². The van der Waals surface area contributed by atoms with Crippen molar-refractivity contribution in [2.45, 2.75) is 19.3 Å². The summed E-state index contributed by atoms with van der Waals surface area (Å²) >= 11 is 6.82. The highest BCUT2D eigenvalue weighted by atomic mass is 79.9. The van der Waals surface area contributed by atoms with Crippen LogP contribution >= 0.6 is 31.9 Å². The maximum atomic E-state index is 12.2. The van der Waals surface area contributed by atoms with Crippen molar-refractivity contribution in [2.75, 3.05) is 13.2 Å². The minimum absolute atomic E-state index is 0.219.